The molecule has 1 heterocycles. The van der Waals surface area contributed by atoms with Gasteiger partial charge in [0.15, 0.2) is 0 Å². The van der Waals surface area contributed by atoms with Gasteiger partial charge in [-0.25, -0.2) is 0 Å². The first kappa shape index (κ1) is 15.0. The van der Waals surface area contributed by atoms with Gasteiger partial charge in [-0.2, -0.15) is 0 Å². The highest BCUT2D eigenvalue weighted by molar-refractivity contribution is 8.01. The summed E-state index contributed by atoms with van der Waals surface area (Å²) in [6, 6.07) is 17.9. The Morgan fingerprint density at radius 3 is 2.45 bits per heavy atom. The fourth-order valence-corrected chi connectivity index (χ4v) is 4.12. The smallest absolute Gasteiger partial charge is 0.241 e. The van der Waals surface area contributed by atoms with Gasteiger partial charge in [-0.05, 0) is 24.1 Å². The van der Waals surface area contributed by atoms with E-state index in [1.807, 2.05) is 47.4 Å². The fraction of sp³-hybridized carbons (Fsp3) is 0.278. The van der Waals surface area contributed by atoms with E-state index in [1.54, 1.807) is 18.9 Å². The topological polar surface area (TPSA) is 29.5 Å². The lowest BCUT2D eigenvalue weighted by Crippen LogP contribution is -2.31. The van der Waals surface area contributed by atoms with Crippen molar-refractivity contribution in [2.75, 3.05) is 12.0 Å². The summed E-state index contributed by atoms with van der Waals surface area (Å²) in [6.07, 6.45) is 0.832. The van der Waals surface area contributed by atoms with Crippen molar-refractivity contribution in [2.24, 2.45) is 0 Å². The minimum absolute atomic E-state index is 0.00452. The highest BCUT2D eigenvalue weighted by Crippen LogP contribution is 2.48. The molecule has 1 saturated heterocycles. The monoisotopic (exact) mass is 313 g/mol. The van der Waals surface area contributed by atoms with Gasteiger partial charge in [0.05, 0.1) is 18.0 Å². The molecular formula is C18H19NO2S. The van der Waals surface area contributed by atoms with E-state index in [1.165, 1.54) is 0 Å². The molecule has 3 rings (SSSR count). The van der Waals surface area contributed by atoms with Crippen LogP contribution in [0.2, 0.25) is 0 Å². The lowest BCUT2D eigenvalue weighted by Gasteiger charge is -2.25. The highest BCUT2D eigenvalue weighted by Gasteiger charge is 2.41. The van der Waals surface area contributed by atoms with Crippen molar-refractivity contribution < 1.29 is 9.53 Å². The van der Waals surface area contributed by atoms with Crippen LogP contribution >= 0.6 is 11.8 Å². The standard InChI is InChI=1S/C18H19NO2S/c1-3-16-17(20)19(14-11-7-8-12-15(14)21-2)18(22-16)13-9-5-4-6-10-13/h4-12,16,18H,3H2,1-2H3. The average Bonchev–Trinajstić information content (AvgIpc) is 2.92. The van der Waals surface area contributed by atoms with Crippen molar-refractivity contribution in [2.45, 2.75) is 24.0 Å². The molecular weight excluding hydrogens is 294 g/mol. The minimum Gasteiger partial charge on any atom is -0.495 e. The third kappa shape index (κ3) is 2.59. The third-order valence-corrected chi connectivity index (χ3v) is 5.45. The molecule has 2 aromatic rings. The number of thioether (sulfide) groups is 1. The van der Waals surface area contributed by atoms with E-state index in [0.29, 0.717) is 0 Å². The predicted molar refractivity (Wildman–Crippen MR) is 91.3 cm³/mol. The van der Waals surface area contributed by atoms with Crippen molar-refractivity contribution in [1.29, 1.82) is 0 Å². The second kappa shape index (κ2) is 6.44. The number of para-hydroxylation sites is 2. The number of anilines is 1. The summed E-state index contributed by atoms with van der Waals surface area (Å²) in [5, 5.41) is -0.00920. The number of hydrogen-bond acceptors (Lipinski definition) is 3. The van der Waals surface area contributed by atoms with Gasteiger partial charge in [0, 0.05) is 0 Å². The molecule has 3 nitrogen and oxygen atoms in total. The van der Waals surface area contributed by atoms with E-state index < -0.39 is 0 Å². The maximum atomic E-state index is 12.8. The van der Waals surface area contributed by atoms with E-state index in [0.717, 1.165) is 23.4 Å². The van der Waals surface area contributed by atoms with Crippen LogP contribution in [-0.2, 0) is 4.79 Å². The molecule has 0 N–H and O–H groups in total. The van der Waals surface area contributed by atoms with Gasteiger partial charge in [0.25, 0.3) is 0 Å². The lowest BCUT2D eigenvalue weighted by atomic mass is 10.1. The van der Waals surface area contributed by atoms with E-state index in [4.69, 9.17) is 4.74 Å². The molecule has 0 aromatic heterocycles. The van der Waals surface area contributed by atoms with Crippen LogP contribution in [0.25, 0.3) is 0 Å². The fourth-order valence-electron chi connectivity index (χ4n) is 2.74. The third-order valence-electron chi connectivity index (χ3n) is 3.84. The Morgan fingerprint density at radius 1 is 1.09 bits per heavy atom. The summed E-state index contributed by atoms with van der Waals surface area (Å²) in [7, 11) is 1.64. The number of methoxy groups -OCH3 is 1. The molecule has 2 unspecified atom stereocenters. The maximum absolute atomic E-state index is 12.8. The molecule has 0 radical (unpaired) electrons. The van der Waals surface area contributed by atoms with Crippen molar-refractivity contribution in [3.63, 3.8) is 0 Å². The van der Waals surface area contributed by atoms with Crippen LogP contribution in [0, 0.1) is 0 Å². The second-order valence-electron chi connectivity index (χ2n) is 5.18. The van der Waals surface area contributed by atoms with Crippen LogP contribution in [0.1, 0.15) is 24.3 Å². The van der Waals surface area contributed by atoms with Crippen molar-refractivity contribution in [3.8, 4) is 5.75 Å². The average molecular weight is 313 g/mol. The molecule has 0 bridgehead atoms. The van der Waals surface area contributed by atoms with Gasteiger partial charge in [-0.1, -0.05) is 49.4 Å². The number of ether oxygens (including phenoxy) is 1. The summed E-state index contributed by atoms with van der Waals surface area (Å²) in [5.41, 5.74) is 1.98. The second-order valence-corrected chi connectivity index (χ2v) is 6.46. The first-order valence-corrected chi connectivity index (χ1v) is 8.37. The van der Waals surface area contributed by atoms with Gasteiger partial charge in [0.2, 0.25) is 5.91 Å². The molecule has 2 aromatic carbocycles. The molecule has 2 atom stereocenters. The maximum Gasteiger partial charge on any atom is 0.241 e. The van der Waals surface area contributed by atoms with Gasteiger partial charge in [-0.3, -0.25) is 9.69 Å². The summed E-state index contributed by atoms with van der Waals surface area (Å²) in [5.74, 6) is 0.889. The van der Waals surface area contributed by atoms with Crippen molar-refractivity contribution in [3.05, 3.63) is 60.2 Å². The van der Waals surface area contributed by atoms with Gasteiger partial charge in [0.1, 0.15) is 11.1 Å². The summed E-state index contributed by atoms with van der Waals surface area (Å²) >= 11 is 1.71. The zero-order valence-electron chi connectivity index (χ0n) is 12.7. The van der Waals surface area contributed by atoms with E-state index in [9.17, 15) is 4.79 Å². The Hall–Kier alpha value is -1.94. The normalized spacial score (nSPS) is 21.2. The summed E-state index contributed by atoms with van der Waals surface area (Å²) in [4.78, 5) is 14.7. The summed E-state index contributed by atoms with van der Waals surface area (Å²) in [6.45, 7) is 2.06. The zero-order valence-corrected chi connectivity index (χ0v) is 13.5. The van der Waals surface area contributed by atoms with Crippen LogP contribution in [-0.4, -0.2) is 18.3 Å². The Bertz CT molecular complexity index is 659. The van der Waals surface area contributed by atoms with Gasteiger partial charge in [-0.15, -0.1) is 11.8 Å². The molecule has 22 heavy (non-hydrogen) atoms. The number of carbonyl (C=O) groups excluding carboxylic acids is 1. The van der Waals surface area contributed by atoms with Gasteiger partial charge < -0.3 is 4.74 Å². The van der Waals surface area contributed by atoms with E-state index in [-0.39, 0.29) is 16.5 Å². The van der Waals surface area contributed by atoms with Crippen LogP contribution in [0.15, 0.2) is 54.6 Å². The molecule has 1 aliphatic rings. The number of nitrogens with zero attached hydrogens (tertiary/aromatic N) is 1. The number of hydrogen-bond donors (Lipinski definition) is 0. The highest BCUT2D eigenvalue weighted by atomic mass is 32.2. The quantitative estimate of drug-likeness (QED) is 0.845. The van der Waals surface area contributed by atoms with Crippen molar-refractivity contribution in [1.82, 2.24) is 0 Å². The molecule has 0 aliphatic carbocycles. The molecule has 0 spiro atoms. The number of benzene rings is 2. The van der Waals surface area contributed by atoms with E-state index >= 15 is 0 Å². The largest absolute Gasteiger partial charge is 0.495 e. The Kier molecular flexibility index (Phi) is 4.39. The van der Waals surface area contributed by atoms with E-state index in [2.05, 4.69) is 19.1 Å². The molecule has 1 amide bonds. The molecule has 1 fully saturated rings. The minimum atomic E-state index is -0.00468. The Morgan fingerprint density at radius 2 is 1.77 bits per heavy atom. The molecule has 0 saturated carbocycles. The van der Waals surface area contributed by atoms with Crippen LogP contribution in [0.5, 0.6) is 5.75 Å². The van der Waals surface area contributed by atoms with Crippen molar-refractivity contribution >= 4 is 23.4 Å². The van der Waals surface area contributed by atoms with Crippen LogP contribution < -0.4 is 9.64 Å². The SMILES string of the molecule is CCC1SC(c2ccccc2)N(c2ccccc2OC)C1=O. The summed E-state index contributed by atoms with van der Waals surface area (Å²) < 4.78 is 5.46. The number of carbonyl (C=O) groups is 1. The molecule has 114 valence electrons. The molecule has 1 aliphatic heterocycles. The first-order valence-electron chi connectivity index (χ1n) is 7.42. The zero-order chi connectivity index (χ0) is 15.5. The first-order chi connectivity index (χ1) is 10.8. The van der Waals surface area contributed by atoms with Gasteiger partial charge >= 0.3 is 0 Å². The predicted octanol–water partition coefficient (Wildman–Crippen LogP) is 4.25. The number of amides is 1. The number of rotatable bonds is 4. The molecule has 4 heteroatoms. The van der Waals surface area contributed by atoms with Crippen LogP contribution in [0.3, 0.4) is 0 Å². The van der Waals surface area contributed by atoms with Crippen LogP contribution in [0.4, 0.5) is 5.69 Å². The Labute approximate surface area is 135 Å². The lowest BCUT2D eigenvalue weighted by molar-refractivity contribution is -0.117. The Balaban J connectivity index is 2.06.